The van der Waals surface area contributed by atoms with Crippen LogP contribution in [0.1, 0.15) is 17.2 Å². The van der Waals surface area contributed by atoms with Crippen molar-refractivity contribution in [2.24, 2.45) is 5.73 Å². The molecule has 0 aliphatic carbocycles. The van der Waals surface area contributed by atoms with Gasteiger partial charge in [0.25, 0.3) is 0 Å². The molecule has 2 atom stereocenters. The van der Waals surface area contributed by atoms with Crippen LogP contribution in [-0.2, 0) is 6.42 Å². The number of aromatic hydroxyl groups is 1. The molecule has 20 heavy (non-hydrogen) atoms. The third-order valence-electron chi connectivity index (χ3n) is 3.29. The predicted octanol–water partition coefficient (Wildman–Crippen LogP) is 2.00. The second-order valence-electron chi connectivity index (χ2n) is 4.71. The minimum atomic E-state index is -0.717. The molecular formula is C16H19NO3. The Labute approximate surface area is 118 Å². The normalized spacial score (nSPS) is 13.8. The second-order valence-corrected chi connectivity index (χ2v) is 4.71. The number of hydrogen-bond acceptors (Lipinski definition) is 4. The highest BCUT2D eigenvalue weighted by Crippen LogP contribution is 2.29. The van der Waals surface area contributed by atoms with Crippen molar-refractivity contribution < 1.29 is 14.9 Å². The van der Waals surface area contributed by atoms with E-state index in [1.54, 1.807) is 12.1 Å². The maximum absolute atomic E-state index is 10.2. The summed E-state index contributed by atoms with van der Waals surface area (Å²) < 4.78 is 4.98. The van der Waals surface area contributed by atoms with Gasteiger partial charge in [0, 0.05) is 6.42 Å². The van der Waals surface area contributed by atoms with Gasteiger partial charge in [0.15, 0.2) is 11.5 Å². The lowest BCUT2D eigenvalue weighted by Crippen LogP contribution is -2.28. The number of phenols is 1. The highest BCUT2D eigenvalue weighted by Gasteiger charge is 2.18. The molecule has 0 radical (unpaired) electrons. The molecule has 0 amide bonds. The van der Waals surface area contributed by atoms with Crippen LogP contribution >= 0.6 is 0 Å². The summed E-state index contributed by atoms with van der Waals surface area (Å²) in [7, 11) is 1.49. The number of ether oxygens (including phenoxy) is 1. The van der Waals surface area contributed by atoms with Gasteiger partial charge in [0.05, 0.1) is 19.3 Å². The topological polar surface area (TPSA) is 75.7 Å². The fraction of sp³-hybridized carbons (Fsp3) is 0.250. The van der Waals surface area contributed by atoms with E-state index in [0.29, 0.717) is 17.7 Å². The average molecular weight is 273 g/mol. The fourth-order valence-electron chi connectivity index (χ4n) is 2.12. The molecule has 0 spiro atoms. The number of aliphatic hydroxyl groups excluding tert-OH is 1. The maximum atomic E-state index is 10.2. The Morgan fingerprint density at radius 3 is 2.45 bits per heavy atom. The average Bonchev–Trinajstić information content (AvgIpc) is 2.47. The number of aliphatic hydroxyl groups is 1. The van der Waals surface area contributed by atoms with Gasteiger partial charge < -0.3 is 20.7 Å². The van der Waals surface area contributed by atoms with Crippen LogP contribution in [0, 0.1) is 0 Å². The van der Waals surface area contributed by atoms with Crippen molar-refractivity contribution >= 4 is 0 Å². The molecule has 0 heterocycles. The summed E-state index contributed by atoms with van der Waals surface area (Å²) >= 11 is 0. The largest absolute Gasteiger partial charge is 0.504 e. The van der Waals surface area contributed by atoms with E-state index in [-0.39, 0.29) is 5.75 Å². The van der Waals surface area contributed by atoms with E-state index in [2.05, 4.69) is 0 Å². The smallest absolute Gasteiger partial charge is 0.160 e. The molecule has 2 rings (SSSR count). The first-order valence-electron chi connectivity index (χ1n) is 6.46. The van der Waals surface area contributed by atoms with Gasteiger partial charge in [-0.15, -0.1) is 0 Å². The molecule has 106 valence electrons. The summed E-state index contributed by atoms with van der Waals surface area (Å²) in [5, 5.41) is 20.0. The van der Waals surface area contributed by atoms with Crippen molar-refractivity contribution in [2.45, 2.75) is 18.6 Å². The van der Waals surface area contributed by atoms with Gasteiger partial charge in [-0.1, -0.05) is 36.4 Å². The Hall–Kier alpha value is -2.04. The molecule has 4 nitrogen and oxygen atoms in total. The second kappa shape index (κ2) is 6.41. The molecule has 0 aromatic heterocycles. The molecule has 0 saturated carbocycles. The van der Waals surface area contributed by atoms with Gasteiger partial charge in [-0.25, -0.2) is 0 Å². The third-order valence-corrected chi connectivity index (χ3v) is 3.29. The van der Waals surface area contributed by atoms with Crippen molar-refractivity contribution in [1.29, 1.82) is 0 Å². The van der Waals surface area contributed by atoms with Crippen molar-refractivity contribution in [3.05, 3.63) is 59.7 Å². The molecule has 0 unspecified atom stereocenters. The van der Waals surface area contributed by atoms with E-state index in [9.17, 15) is 10.2 Å². The Balaban J connectivity index is 2.10. The standard InChI is InChI=1S/C16H19NO3/c1-20-15-8-7-12(10-13(15)18)16(17)14(19)9-11-5-3-2-4-6-11/h2-8,10,14,16,18-19H,9,17H2,1H3/t14-,16+/m0/s1. The molecule has 2 aromatic rings. The lowest BCUT2D eigenvalue weighted by molar-refractivity contribution is 0.145. The van der Waals surface area contributed by atoms with Crippen molar-refractivity contribution in [3.63, 3.8) is 0 Å². The first-order valence-corrected chi connectivity index (χ1v) is 6.46. The van der Waals surface area contributed by atoms with Crippen LogP contribution in [-0.4, -0.2) is 23.4 Å². The summed E-state index contributed by atoms with van der Waals surface area (Å²) in [5.74, 6) is 0.408. The summed E-state index contributed by atoms with van der Waals surface area (Å²) in [6, 6.07) is 14.0. The zero-order valence-corrected chi connectivity index (χ0v) is 11.4. The number of rotatable bonds is 5. The van der Waals surface area contributed by atoms with Gasteiger partial charge in [-0.3, -0.25) is 0 Å². The van der Waals surface area contributed by atoms with E-state index < -0.39 is 12.1 Å². The minimum Gasteiger partial charge on any atom is -0.504 e. The van der Waals surface area contributed by atoms with Crippen LogP contribution in [0.3, 0.4) is 0 Å². The van der Waals surface area contributed by atoms with Gasteiger partial charge in [-0.05, 0) is 23.3 Å². The highest BCUT2D eigenvalue weighted by molar-refractivity contribution is 5.42. The molecule has 4 N–H and O–H groups in total. The number of methoxy groups -OCH3 is 1. The molecule has 0 bridgehead atoms. The van der Waals surface area contributed by atoms with Gasteiger partial charge >= 0.3 is 0 Å². The Morgan fingerprint density at radius 1 is 1.15 bits per heavy atom. The first-order chi connectivity index (χ1) is 9.61. The Bertz CT molecular complexity index is 557. The van der Waals surface area contributed by atoms with Crippen molar-refractivity contribution in [1.82, 2.24) is 0 Å². The van der Waals surface area contributed by atoms with Gasteiger partial charge in [0.1, 0.15) is 0 Å². The summed E-state index contributed by atoms with van der Waals surface area (Å²) in [6.07, 6.45) is -0.250. The quantitative estimate of drug-likeness (QED) is 0.779. The Morgan fingerprint density at radius 2 is 1.85 bits per heavy atom. The van der Waals surface area contributed by atoms with Crippen LogP contribution < -0.4 is 10.5 Å². The van der Waals surface area contributed by atoms with Crippen LogP contribution in [0.2, 0.25) is 0 Å². The van der Waals surface area contributed by atoms with E-state index in [0.717, 1.165) is 5.56 Å². The number of phenolic OH excluding ortho intramolecular Hbond substituents is 1. The van der Waals surface area contributed by atoms with Crippen LogP contribution in [0.4, 0.5) is 0 Å². The van der Waals surface area contributed by atoms with E-state index >= 15 is 0 Å². The molecule has 0 fully saturated rings. The first kappa shape index (κ1) is 14.4. The molecule has 2 aromatic carbocycles. The fourth-order valence-corrected chi connectivity index (χ4v) is 2.12. The minimum absolute atomic E-state index is 0.0207. The SMILES string of the molecule is COc1ccc([C@@H](N)[C@@H](O)Cc2ccccc2)cc1O. The Kier molecular flexibility index (Phi) is 4.61. The lowest BCUT2D eigenvalue weighted by atomic mass is 9.96. The van der Waals surface area contributed by atoms with Gasteiger partial charge in [-0.2, -0.15) is 0 Å². The van der Waals surface area contributed by atoms with Crippen molar-refractivity contribution in [3.8, 4) is 11.5 Å². The van der Waals surface area contributed by atoms with E-state index in [1.807, 2.05) is 30.3 Å². The molecule has 0 saturated heterocycles. The molecule has 0 aliphatic heterocycles. The van der Waals surface area contributed by atoms with Crippen LogP contribution in [0.15, 0.2) is 48.5 Å². The highest BCUT2D eigenvalue weighted by atomic mass is 16.5. The van der Waals surface area contributed by atoms with Crippen LogP contribution in [0.25, 0.3) is 0 Å². The molecule has 4 heteroatoms. The third kappa shape index (κ3) is 3.29. The van der Waals surface area contributed by atoms with Gasteiger partial charge in [0.2, 0.25) is 0 Å². The summed E-state index contributed by atoms with van der Waals surface area (Å²) in [5.41, 5.74) is 7.74. The summed E-state index contributed by atoms with van der Waals surface area (Å²) in [4.78, 5) is 0. The number of hydrogen-bond donors (Lipinski definition) is 3. The zero-order chi connectivity index (χ0) is 14.5. The maximum Gasteiger partial charge on any atom is 0.160 e. The summed E-state index contributed by atoms with van der Waals surface area (Å²) in [6.45, 7) is 0. The van der Waals surface area contributed by atoms with E-state index in [1.165, 1.54) is 13.2 Å². The number of benzene rings is 2. The van der Waals surface area contributed by atoms with Crippen LogP contribution in [0.5, 0.6) is 11.5 Å². The predicted molar refractivity (Wildman–Crippen MR) is 77.7 cm³/mol. The molecule has 0 aliphatic rings. The lowest BCUT2D eigenvalue weighted by Gasteiger charge is -2.20. The van der Waals surface area contributed by atoms with Crippen molar-refractivity contribution in [2.75, 3.05) is 7.11 Å². The monoisotopic (exact) mass is 273 g/mol. The molecular weight excluding hydrogens is 254 g/mol. The zero-order valence-electron chi connectivity index (χ0n) is 11.4. The number of nitrogens with two attached hydrogens (primary N) is 1. The van der Waals surface area contributed by atoms with E-state index in [4.69, 9.17) is 10.5 Å².